The molecule has 21 heavy (non-hydrogen) atoms. The topological polar surface area (TPSA) is 83.5 Å². The van der Waals surface area contributed by atoms with Crippen LogP contribution in [0.3, 0.4) is 0 Å². The highest BCUT2D eigenvalue weighted by molar-refractivity contribution is 5.72. The van der Waals surface area contributed by atoms with Gasteiger partial charge in [-0.2, -0.15) is 0 Å². The van der Waals surface area contributed by atoms with Crippen LogP contribution in [0.2, 0.25) is 0 Å². The van der Waals surface area contributed by atoms with Gasteiger partial charge in [-0.15, -0.1) is 0 Å². The molecule has 0 radical (unpaired) electrons. The largest absolute Gasteiger partial charge is 0.493 e. The molecule has 0 aliphatic rings. The third kappa shape index (κ3) is 4.42. The zero-order valence-electron chi connectivity index (χ0n) is 12.5. The maximum Gasteiger partial charge on any atom is 0.336 e. The summed E-state index contributed by atoms with van der Waals surface area (Å²) in [5.74, 6) is 0.608. The van der Waals surface area contributed by atoms with Gasteiger partial charge in [-0.05, 0) is 6.92 Å². The number of hydrogen-bond acceptors (Lipinski definition) is 6. The Morgan fingerprint density at radius 2 is 1.71 bits per heavy atom. The minimum atomic E-state index is -1.08. The van der Waals surface area contributed by atoms with Crippen molar-refractivity contribution < 1.29 is 33.6 Å². The van der Waals surface area contributed by atoms with Crippen molar-refractivity contribution in [1.82, 2.24) is 0 Å². The van der Waals surface area contributed by atoms with Crippen molar-refractivity contribution in [3.05, 3.63) is 12.1 Å². The number of ether oxygens (including phenoxy) is 5. The summed E-state index contributed by atoms with van der Waals surface area (Å²) in [5, 5.41) is 8.99. The van der Waals surface area contributed by atoms with Gasteiger partial charge in [0.05, 0.1) is 21.3 Å². The fourth-order valence-electron chi connectivity index (χ4n) is 1.70. The number of rotatable bonds is 9. The number of carbonyl (C=O) groups is 1. The van der Waals surface area contributed by atoms with Crippen LogP contribution in [0, 0.1) is 0 Å². The van der Waals surface area contributed by atoms with E-state index in [0.717, 1.165) is 0 Å². The first-order chi connectivity index (χ1) is 10.1. The molecule has 1 unspecified atom stereocenters. The van der Waals surface area contributed by atoms with E-state index in [1.165, 1.54) is 21.3 Å². The number of hydrogen-bond donors (Lipinski definition) is 1. The van der Waals surface area contributed by atoms with E-state index in [1.54, 1.807) is 19.1 Å². The molecular formula is C14H20O7. The molecule has 1 aromatic carbocycles. The predicted octanol–water partition coefficient (Wildman–Crippen LogP) is 1.58. The van der Waals surface area contributed by atoms with E-state index in [4.69, 9.17) is 28.8 Å². The summed E-state index contributed by atoms with van der Waals surface area (Å²) in [5.41, 5.74) is 0. The Balaban J connectivity index is 2.90. The molecule has 118 valence electrons. The molecule has 1 N–H and O–H groups in total. The third-order valence-corrected chi connectivity index (χ3v) is 2.68. The highest BCUT2D eigenvalue weighted by atomic mass is 16.6. The normalized spacial score (nSPS) is 11.6. The Labute approximate surface area is 123 Å². The Morgan fingerprint density at radius 3 is 2.10 bits per heavy atom. The summed E-state index contributed by atoms with van der Waals surface area (Å²) in [4.78, 5) is 11.0. The van der Waals surface area contributed by atoms with Gasteiger partial charge < -0.3 is 28.8 Å². The first-order valence-corrected chi connectivity index (χ1v) is 6.34. The second-order valence-corrected chi connectivity index (χ2v) is 3.95. The number of methoxy groups -OCH3 is 3. The number of benzene rings is 1. The van der Waals surface area contributed by atoms with Crippen molar-refractivity contribution in [3.63, 3.8) is 0 Å². The number of carboxylic acid groups (broad SMARTS) is 1. The molecule has 1 atom stereocenters. The van der Waals surface area contributed by atoms with Crippen molar-refractivity contribution in [3.8, 4) is 23.0 Å². The van der Waals surface area contributed by atoms with Gasteiger partial charge in [-0.3, -0.25) is 0 Å². The van der Waals surface area contributed by atoms with E-state index < -0.39 is 12.1 Å². The molecular weight excluding hydrogens is 280 g/mol. The van der Waals surface area contributed by atoms with Crippen LogP contribution in [0.15, 0.2) is 12.1 Å². The van der Waals surface area contributed by atoms with Crippen LogP contribution in [0.4, 0.5) is 0 Å². The molecule has 0 aliphatic heterocycles. The Morgan fingerprint density at radius 1 is 1.14 bits per heavy atom. The van der Waals surface area contributed by atoms with Crippen molar-refractivity contribution in [2.24, 2.45) is 0 Å². The third-order valence-electron chi connectivity index (χ3n) is 2.68. The van der Waals surface area contributed by atoms with Crippen molar-refractivity contribution >= 4 is 5.97 Å². The number of carboxylic acids is 1. The SMILES string of the molecule is CCOC(COc1cc(OC)c(OC)c(OC)c1)C(=O)O. The highest BCUT2D eigenvalue weighted by Gasteiger charge is 2.20. The summed E-state index contributed by atoms with van der Waals surface area (Å²) < 4.78 is 26.1. The summed E-state index contributed by atoms with van der Waals surface area (Å²) >= 11 is 0. The van der Waals surface area contributed by atoms with Crippen molar-refractivity contribution in [2.75, 3.05) is 34.5 Å². The van der Waals surface area contributed by atoms with Gasteiger partial charge in [-0.25, -0.2) is 4.79 Å². The molecule has 0 saturated heterocycles. The zero-order chi connectivity index (χ0) is 15.8. The molecule has 1 aromatic rings. The molecule has 0 spiro atoms. The average Bonchev–Trinajstić information content (AvgIpc) is 2.49. The Bertz CT molecular complexity index is 447. The van der Waals surface area contributed by atoms with E-state index in [9.17, 15) is 4.79 Å². The molecule has 7 heteroatoms. The lowest BCUT2D eigenvalue weighted by atomic mass is 10.2. The fourth-order valence-corrected chi connectivity index (χ4v) is 1.70. The minimum Gasteiger partial charge on any atom is -0.493 e. The van der Waals surface area contributed by atoms with Crippen LogP contribution in [0.1, 0.15) is 6.92 Å². The molecule has 0 bridgehead atoms. The molecule has 0 aliphatic carbocycles. The molecule has 1 rings (SSSR count). The van der Waals surface area contributed by atoms with Crippen molar-refractivity contribution in [2.45, 2.75) is 13.0 Å². The Hall–Kier alpha value is -2.15. The van der Waals surface area contributed by atoms with Crippen LogP contribution in [-0.4, -0.2) is 51.7 Å². The van der Waals surface area contributed by atoms with E-state index in [0.29, 0.717) is 23.0 Å². The fraction of sp³-hybridized carbons (Fsp3) is 0.500. The average molecular weight is 300 g/mol. The van der Waals surface area contributed by atoms with Gasteiger partial charge in [-0.1, -0.05) is 0 Å². The second kappa shape index (κ2) is 8.21. The molecule has 0 aromatic heterocycles. The van der Waals surface area contributed by atoms with Crippen LogP contribution in [0.5, 0.6) is 23.0 Å². The van der Waals surface area contributed by atoms with Gasteiger partial charge in [0.2, 0.25) is 5.75 Å². The molecule has 0 saturated carbocycles. The quantitative estimate of drug-likeness (QED) is 0.741. The summed E-state index contributed by atoms with van der Waals surface area (Å²) in [7, 11) is 4.47. The van der Waals surface area contributed by atoms with Gasteiger partial charge in [0.1, 0.15) is 12.4 Å². The monoisotopic (exact) mass is 300 g/mol. The second-order valence-electron chi connectivity index (χ2n) is 3.95. The minimum absolute atomic E-state index is 0.123. The smallest absolute Gasteiger partial charge is 0.336 e. The van der Waals surface area contributed by atoms with E-state index >= 15 is 0 Å². The molecule has 7 nitrogen and oxygen atoms in total. The first kappa shape index (κ1) is 16.9. The summed E-state index contributed by atoms with van der Waals surface area (Å²) in [6, 6.07) is 3.18. The first-order valence-electron chi connectivity index (χ1n) is 6.34. The highest BCUT2D eigenvalue weighted by Crippen LogP contribution is 2.40. The maximum atomic E-state index is 11.0. The van der Waals surface area contributed by atoms with E-state index in [1.807, 2.05) is 0 Å². The number of aliphatic carboxylic acids is 1. The van der Waals surface area contributed by atoms with Crippen LogP contribution in [0.25, 0.3) is 0 Å². The van der Waals surface area contributed by atoms with Crippen LogP contribution < -0.4 is 18.9 Å². The molecule has 0 heterocycles. The molecule has 0 fully saturated rings. The van der Waals surface area contributed by atoms with Gasteiger partial charge >= 0.3 is 5.97 Å². The molecule has 0 amide bonds. The van der Waals surface area contributed by atoms with Gasteiger partial charge in [0.25, 0.3) is 0 Å². The van der Waals surface area contributed by atoms with Crippen LogP contribution >= 0.6 is 0 Å². The lowest BCUT2D eigenvalue weighted by molar-refractivity contribution is -0.152. The summed E-state index contributed by atoms with van der Waals surface area (Å²) in [6.45, 7) is 1.88. The standard InChI is InChI=1S/C14H20O7/c1-5-20-12(14(15)16)8-21-9-6-10(17-2)13(19-4)11(7-9)18-3/h6-7,12H,5,8H2,1-4H3,(H,15,16). The Kier molecular flexibility index (Phi) is 6.61. The zero-order valence-corrected chi connectivity index (χ0v) is 12.5. The maximum absolute atomic E-state index is 11.0. The predicted molar refractivity (Wildman–Crippen MR) is 74.6 cm³/mol. The van der Waals surface area contributed by atoms with E-state index in [2.05, 4.69) is 0 Å². The van der Waals surface area contributed by atoms with Gasteiger partial charge in [0.15, 0.2) is 17.6 Å². The summed E-state index contributed by atoms with van der Waals surface area (Å²) in [6.07, 6.45) is -1.03. The van der Waals surface area contributed by atoms with Crippen LogP contribution in [-0.2, 0) is 9.53 Å². The lowest BCUT2D eigenvalue weighted by Crippen LogP contribution is -2.30. The van der Waals surface area contributed by atoms with E-state index in [-0.39, 0.29) is 13.2 Å². The van der Waals surface area contributed by atoms with Crippen molar-refractivity contribution in [1.29, 1.82) is 0 Å². The van der Waals surface area contributed by atoms with Gasteiger partial charge in [0, 0.05) is 18.7 Å². The lowest BCUT2D eigenvalue weighted by Gasteiger charge is -2.16.